The molecular formula is C21H23N3O5. The Kier molecular flexibility index (Phi) is 5.16. The van der Waals surface area contributed by atoms with Gasteiger partial charge in [-0.2, -0.15) is 0 Å². The van der Waals surface area contributed by atoms with Gasteiger partial charge in [0.15, 0.2) is 18.1 Å². The molecule has 0 unspecified atom stereocenters. The Balaban J connectivity index is 1.42. The van der Waals surface area contributed by atoms with E-state index in [-0.39, 0.29) is 18.4 Å². The predicted molar refractivity (Wildman–Crippen MR) is 108 cm³/mol. The van der Waals surface area contributed by atoms with Gasteiger partial charge < -0.3 is 29.3 Å². The second-order valence-electron chi connectivity index (χ2n) is 6.87. The fourth-order valence-electron chi connectivity index (χ4n) is 3.58. The zero-order chi connectivity index (χ0) is 20.4. The van der Waals surface area contributed by atoms with Crippen molar-refractivity contribution in [2.24, 2.45) is 0 Å². The summed E-state index contributed by atoms with van der Waals surface area (Å²) in [5, 5.41) is 2.79. The molecule has 2 aliphatic heterocycles. The number of piperazine rings is 1. The number of methoxy groups -OCH3 is 2. The highest BCUT2D eigenvalue weighted by atomic mass is 16.5. The normalized spacial score (nSPS) is 15.9. The summed E-state index contributed by atoms with van der Waals surface area (Å²) >= 11 is 0. The van der Waals surface area contributed by atoms with Crippen LogP contribution >= 0.6 is 0 Å². The molecule has 0 bridgehead atoms. The van der Waals surface area contributed by atoms with E-state index in [1.807, 2.05) is 23.1 Å². The van der Waals surface area contributed by atoms with Crippen LogP contribution in [-0.2, 0) is 4.79 Å². The Morgan fingerprint density at radius 2 is 1.76 bits per heavy atom. The highest BCUT2D eigenvalue weighted by Crippen LogP contribution is 2.33. The molecular weight excluding hydrogens is 374 g/mol. The largest absolute Gasteiger partial charge is 0.493 e. The molecule has 0 radical (unpaired) electrons. The van der Waals surface area contributed by atoms with Gasteiger partial charge in [-0.15, -0.1) is 0 Å². The summed E-state index contributed by atoms with van der Waals surface area (Å²) < 4.78 is 16.0. The van der Waals surface area contributed by atoms with Crippen molar-refractivity contribution in [1.82, 2.24) is 4.90 Å². The van der Waals surface area contributed by atoms with Crippen LogP contribution in [0.4, 0.5) is 11.4 Å². The Hall–Kier alpha value is -3.42. The number of fused-ring (bicyclic) bond motifs is 1. The fraction of sp³-hybridized carbons (Fsp3) is 0.333. The van der Waals surface area contributed by atoms with Gasteiger partial charge in [-0.3, -0.25) is 9.59 Å². The van der Waals surface area contributed by atoms with Crippen molar-refractivity contribution < 1.29 is 23.8 Å². The summed E-state index contributed by atoms with van der Waals surface area (Å²) in [6.07, 6.45) is 0. The Bertz CT molecular complexity index is 938. The first-order valence-corrected chi connectivity index (χ1v) is 9.42. The summed E-state index contributed by atoms with van der Waals surface area (Å²) in [5.74, 6) is 1.64. The summed E-state index contributed by atoms with van der Waals surface area (Å²) in [4.78, 5) is 28.3. The molecule has 2 heterocycles. The third kappa shape index (κ3) is 3.78. The topological polar surface area (TPSA) is 80.3 Å². The molecule has 4 rings (SSSR count). The molecule has 8 nitrogen and oxygen atoms in total. The van der Waals surface area contributed by atoms with Crippen LogP contribution in [0.3, 0.4) is 0 Å². The predicted octanol–water partition coefficient (Wildman–Crippen LogP) is 2.00. The van der Waals surface area contributed by atoms with Crippen LogP contribution in [0, 0.1) is 0 Å². The zero-order valence-electron chi connectivity index (χ0n) is 16.4. The van der Waals surface area contributed by atoms with E-state index in [2.05, 4.69) is 10.2 Å². The van der Waals surface area contributed by atoms with Gasteiger partial charge in [-0.1, -0.05) is 0 Å². The molecule has 152 valence electrons. The van der Waals surface area contributed by atoms with Gasteiger partial charge in [0.1, 0.15) is 5.75 Å². The van der Waals surface area contributed by atoms with Gasteiger partial charge in [-0.05, 0) is 30.3 Å². The number of benzene rings is 2. The van der Waals surface area contributed by atoms with Crippen LogP contribution in [0.5, 0.6) is 17.2 Å². The highest BCUT2D eigenvalue weighted by Gasteiger charge is 2.24. The number of ether oxygens (including phenoxy) is 3. The summed E-state index contributed by atoms with van der Waals surface area (Å²) in [5.41, 5.74) is 2.28. The number of carbonyl (C=O) groups excluding carboxylic acids is 2. The third-order valence-corrected chi connectivity index (χ3v) is 5.16. The molecule has 2 amide bonds. The minimum atomic E-state index is -0.146. The van der Waals surface area contributed by atoms with Crippen LogP contribution < -0.4 is 24.4 Å². The fourth-order valence-corrected chi connectivity index (χ4v) is 3.58. The van der Waals surface area contributed by atoms with Crippen LogP contribution in [0.25, 0.3) is 0 Å². The second-order valence-corrected chi connectivity index (χ2v) is 6.87. The lowest BCUT2D eigenvalue weighted by molar-refractivity contribution is -0.118. The van der Waals surface area contributed by atoms with E-state index < -0.39 is 0 Å². The number of hydrogen-bond acceptors (Lipinski definition) is 6. The molecule has 0 atom stereocenters. The lowest BCUT2D eigenvalue weighted by Crippen LogP contribution is -2.48. The molecule has 2 aromatic rings. The minimum absolute atomic E-state index is 0.0258. The Morgan fingerprint density at radius 3 is 2.48 bits per heavy atom. The first-order chi connectivity index (χ1) is 14.1. The van der Waals surface area contributed by atoms with Gasteiger partial charge >= 0.3 is 0 Å². The molecule has 1 saturated heterocycles. The van der Waals surface area contributed by atoms with Crippen LogP contribution in [0.15, 0.2) is 36.4 Å². The maximum atomic E-state index is 12.9. The Morgan fingerprint density at radius 1 is 1.00 bits per heavy atom. The average molecular weight is 397 g/mol. The number of amides is 2. The van der Waals surface area contributed by atoms with E-state index in [0.29, 0.717) is 54.7 Å². The molecule has 29 heavy (non-hydrogen) atoms. The first-order valence-electron chi connectivity index (χ1n) is 9.42. The average Bonchev–Trinajstić information content (AvgIpc) is 2.77. The molecule has 1 fully saturated rings. The lowest BCUT2D eigenvalue weighted by atomic mass is 10.1. The van der Waals surface area contributed by atoms with Crippen molar-refractivity contribution in [2.45, 2.75) is 0 Å². The molecule has 0 spiro atoms. The summed E-state index contributed by atoms with van der Waals surface area (Å²) in [6.45, 7) is 2.68. The highest BCUT2D eigenvalue weighted by molar-refractivity contribution is 5.96. The van der Waals surface area contributed by atoms with Crippen LogP contribution in [-0.4, -0.2) is 63.7 Å². The SMILES string of the molecule is COc1ccc(C(=O)N2CCN(c3ccc4c(c3)OCC(=O)N4)CC2)cc1OC. The number of nitrogens with zero attached hydrogens (tertiary/aromatic N) is 2. The quantitative estimate of drug-likeness (QED) is 0.850. The monoisotopic (exact) mass is 397 g/mol. The van der Waals surface area contributed by atoms with E-state index in [0.717, 1.165) is 5.69 Å². The molecule has 8 heteroatoms. The number of nitrogens with one attached hydrogen (secondary N) is 1. The zero-order valence-corrected chi connectivity index (χ0v) is 16.4. The van der Waals surface area contributed by atoms with Crippen molar-refractivity contribution in [3.05, 3.63) is 42.0 Å². The van der Waals surface area contributed by atoms with Crippen molar-refractivity contribution in [1.29, 1.82) is 0 Å². The maximum absolute atomic E-state index is 12.9. The Labute approximate surface area is 168 Å². The lowest BCUT2D eigenvalue weighted by Gasteiger charge is -2.36. The summed E-state index contributed by atoms with van der Waals surface area (Å²) in [6, 6.07) is 10.9. The van der Waals surface area contributed by atoms with Crippen molar-refractivity contribution in [3.8, 4) is 17.2 Å². The molecule has 2 aliphatic rings. The summed E-state index contributed by atoms with van der Waals surface area (Å²) in [7, 11) is 3.12. The standard InChI is InChI=1S/C21H23N3O5/c1-27-17-6-3-14(11-19(17)28-2)21(26)24-9-7-23(8-10-24)15-4-5-16-18(12-15)29-13-20(25)22-16/h3-6,11-12H,7-10,13H2,1-2H3,(H,22,25). The van der Waals surface area contributed by atoms with Crippen molar-refractivity contribution in [3.63, 3.8) is 0 Å². The van der Waals surface area contributed by atoms with E-state index in [1.165, 1.54) is 0 Å². The van der Waals surface area contributed by atoms with Gasteiger partial charge in [0.25, 0.3) is 11.8 Å². The van der Waals surface area contributed by atoms with Crippen LogP contribution in [0.2, 0.25) is 0 Å². The molecule has 1 N–H and O–H groups in total. The van der Waals surface area contributed by atoms with E-state index >= 15 is 0 Å². The first kappa shape index (κ1) is 18.9. The smallest absolute Gasteiger partial charge is 0.262 e. The van der Waals surface area contributed by atoms with E-state index in [4.69, 9.17) is 14.2 Å². The molecule has 0 saturated carbocycles. The number of carbonyl (C=O) groups is 2. The number of hydrogen-bond donors (Lipinski definition) is 1. The maximum Gasteiger partial charge on any atom is 0.262 e. The van der Waals surface area contributed by atoms with Crippen LogP contribution in [0.1, 0.15) is 10.4 Å². The second kappa shape index (κ2) is 7.90. The number of anilines is 2. The number of rotatable bonds is 4. The molecule has 2 aromatic carbocycles. The molecule has 0 aliphatic carbocycles. The van der Waals surface area contributed by atoms with E-state index in [1.54, 1.807) is 32.4 Å². The third-order valence-electron chi connectivity index (χ3n) is 5.16. The van der Waals surface area contributed by atoms with E-state index in [9.17, 15) is 9.59 Å². The minimum Gasteiger partial charge on any atom is -0.493 e. The van der Waals surface area contributed by atoms with Crippen molar-refractivity contribution in [2.75, 3.05) is 57.2 Å². The van der Waals surface area contributed by atoms with Gasteiger partial charge in [0, 0.05) is 43.5 Å². The van der Waals surface area contributed by atoms with Gasteiger partial charge in [0.2, 0.25) is 0 Å². The van der Waals surface area contributed by atoms with Crippen molar-refractivity contribution >= 4 is 23.2 Å². The van der Waals surface area contributed by atoms with Gasteiger partial charge in [0.05, 0.1) is 19.9 Å². The molecule has 0 aromatic heterocycles. The van der Waals surface area contributed by atoms with Gasteiger partial charge in [-0.25, -0.2) is 0 Å².